The van der Waals surface area contributed by atoms with Crippen LogP contribution >= 0.6 is 27.3 Å². The number of hydrogen-bond acceptors (Lipinski definition) is 4. The number of rotatable bonds is 4. The SMILES string of the molecule is COCCc1nc2scc(-c3ccc(Br)cc3)c2c(=O)[nH]1. The number of hydrogen-bond donors (Lipinski definition) is 1. The number of methoxy groups -OCH3 is 1. The van der Waals surface area contributed by atoms with Crippen LogP contribution in [0.25, 0.3) is 21.3 Å². The van der Waals surface area contributed by atoms with Crippen LogP contribution in [0.1, 0.15) is 5.82 Å². The smallest absolute Gasteiger partial charge is 0.260 e. The molecule has 0 saturated carbocycles. The summed E-state index contributed by atoms with van der Waals surface area (Å²) in [6.45, 7) is 0.541. The van der Waals surface area contributed by atoms with Gasteiger partial charge in [0, 0.05) is 28.9 Å². The van der Waals surface area contributed by atoms with E-state index in [1.54, 1.807) is 7.11 Å². The Hall–Kier alpha value is -1.50. The first-order valence-corrected chi connectivity index (χ1v) is 8.11. The number of thiophene rings is 1. The highest BCUT2D eigenvalue weighted by atomic mass is 79.9. The van der Waals surface area contributed by atoms with Gasteiger partial charge in [-0.3, -0.25) is 4.79 Å². The lowest BCUT2D eigenvalue weighted by molar-refractivity contribution is 0.200. The molecule has 21 heavy (non-hydrogen) atoms. The van der Waals surface area contributed by atoms with Crippen molar-refractivity contribution in [3.05, 3.63) is 50.3 Å². The van der Waals surface area contributed by atoms with Crippen LogP contribution in [-0.2, 0) is 11.2 Å². The number of benzene rings is 1. The lowest BCUT2D eigenvalue weighted by atomic mass is 10.1. The molecule has 6 heteroatoms. The molecule has 0 aliphatic heterocycles. The highest BCUT2D eigenvalue weighted by Crippen LogP contribution is 2.31. The molecule has 0 radical (unpaired) electrons. The Bertz CT molecular complexity index is 824. The molecule has 0 bridgehead atoms. The maximum Gasteiger partial charge on any atom is 0.260 e. The molecule has 0 spiro atoms. The van der Waals surface area contributed by atoms with Crippen LogP contribution in [0.2, 0.25) is 0 Å². The van der Waals surface area contributed by atoms with Crippen LogP contribution in [0, 0.1) is 0 Å². The van der Waals surface area contributed by atoms with Crippen molar-refractivity contribution in [3.8, 4) is 11.1 Å². The summed E-state index contributed by atoms with van der Waals surface area (Å²) in [5, 5.41) is 2.64. The Morgan fingerprint density at radius 2 is 2.10 bits per heavy atom. The minimum atomic E-state index is -0.0923. The third-order valence-electron chi connectivity index (χ3n) is 3.19. The van der Waals surface area contributed by atoms with Crippen molar-refractivity contribution in [2.24, 2.45) is 0 Å². The first kappa shape index (κ1) is 14.4. The van der Waals surface area contributed by atoms with Crippen molar-refractivity contribution in [2.45, 2.75) is 6.42 Å². The van der Waals surface area contributed by atoms with E-state index in [2.05, 4.69) is 25.9 Å². The fourth-order valence-electron chi connectivity index (χ4n) is 2.15. The van der Waals surface area contributed by atoms with Gasteiger partial charge in [0.25, 0.3) is 5.56 Å². The Morgan fingerprint density at radius 1 is 1.33 bits per heavy atom. The van der Waals surface area contributed by atoms with Crippen LogP contribution in [0.15, 0.2) is 38.9 Å². The van der Waals surface area contributed by atoms with Crippen LogP contribution in [0.5, 0.6) is 0 Å². The van der Waals surface area contributed by atoms with Gasteiger partial charge in [-0.1, -0.05) is 28.1 Å². The van der Waals surface area contributed by atoms with Crippen LogP contribution in [-0.4, -0.2) is 23.7 Å². The van der Waals surface area contributed by atoms with E-state index < -0.39 is 0 Å². The molecule has 1 aromatic carbocycles. The van der Waals surface area contributed by atoms with Gasteiger partial charge < -0.3 is 9.72 Å². The zero-order valence-corrected chi connectivity index (χ0v) is 13.8. The number of aromatic nitrogens is 2. The van der Waals surface area contributed by atoms with Crippen molar-refractivity contribution >= 4 is 37.5 Å². The Morgan fingerprint density at radius 3 is 2.81 bits per heavy atom. The first-order chi connectivity index (χ1) is 10.2. The van der Waals surface area contributed by atoms with Gasteiger partial charge in [0.2, 0.25) is 0 Å². The summed E-state index contributed by atoms with van der Waals surface area (Å²) in [7, 11) is 1.63. The molecule has 0 atom stereocenters. The lowest BCUT2D eigenvalue weighted by Crippen LogP contribution is -2.12. The zero-order valence-electron chi connectivity index (χ0n) is 11.4. The summed E-state index contributed by atoms with van der Waals surface area (Å²) < 4.78 is 6.03. The predicted octanol–water partition coefficient (Wildman–Crippen LogP) is 3.60. The minimum Gasteiger partial charge on any atom is -0.384 e. The quantitative estimate of drug-likeness (QED) is 0.769. The Labute approximate surface area is 133 Å². The molecule has 1 N–H and O–H groups in total. The summed E-state index contributed by atoms with van der Waals surface area (Å²) in [5.41, 5.74) is 1.85. The van der Waals surface area contributed by atoms with E-state index >= 15 is 0 Å². The summed E-state index contributed by atoms with van der Waals surface area (Å²) >= 11 is 4.91. The van der Waals surface area contributed by atoms with E-state index in [4.69, 9.17) is 4.74 Å². The number of H-pyrrole nitrogens is 1. The van der Waals surface area contributed by atoms with E-state index in [-0.39, 0.29) is 5.56 Å². The highest BCUT2D eigenvalue weighted by Gasteiger charge is 2.12. The van der Waals surface area contributed by atoms with Crippen molar-refractivity contribution in [1.29, 1.82) is 0 Å². The van der Waals surface area contributed by atoms with Crippen LogP contribution < -0.4 is 5.56 Å². The molecule has 4 nitrogen and oxygen atoms in total. The van der Waals surface area contributed by atoms with Gasteiger partial charge in [-0.15, -0.1) is 11.3 Å². The van der Waals surface area contributed by atoms with E-state index in [0.717, 1.165) is 20.4 Å². The molecule has 0 aliphatic carbocycles. The average molecular weight is 365 g/mol. The van der Waals surface area contributed by atoms with Crippen LogP contribution in [0.4, 0.5) is 0 Å². The summed E-state index contributed by atoms with van der Waals surface area (Å²) in [6.07, 6.45) is 0.604. The first-order valence-electron chi connectivity index (χ1n) is 6.44. The average Bonchev–Trinajstić information content (AvgIpc) is 2.90. The topological polar surface area (TPSA) is 55.0 Å². The number of fused-ring (bicyclic) bond motifs is 1. The molecule has 3 rings (SSSR count). The summed E-state index contributed by atoms with van der Waals surface area (Å²) in [6, 6.07) is 7.91. The van der Waals surface area contributed by atoms with Gasteiger partial charge in [-0.2, -0.15) is 0 Å². The molecule has 0 unspecified atom stereocenters. The Balaban J connectivity index is 2.10. The largest absolute Gasteiger partial charge is 0.384 e. The van der Waals surface area contributed by atoms with Gasteiger partial charge >= 0.3 is 0 Å². The molecule has 0 saturated heterocycles. The molecule has 2 aromatic heterocycles. The molecule has 2 heterocycles. The second-order valence-corrected chi connectivity index (χ2v) is 6.37. The standard InChI is InChI=1S/C15H13BrN2O2S/c1-20-7-6-12-17-14(19)13-11(8-21-15(13)18-12)9-2-4-10(16)5-3-9/h2-5,8H,6-7H2,1H3,(H,17,18,19). The van der Waals surface area contributed by atoms with Crippen molar-refractivity contribution in [2.75, 3.05) is 13.7 Å². The molecule has 0 fully saturated rings. The van der Waals surface area contributed by atoms with Crippen molar-refractivity contribution in [1.82, 2.24) is 9.97 Å². The number of halogens is 1. The van der Waals surface area contributed by atoms with Gasteiger partial charge in [-0.05, 0) is 17.7 Å². The molecular weight excluding hydrogens is 352 g/mol. The third-order valence-corrected chi connectivity index (χ3v) is 4.59. The number of aromatic amines is 1. The third kappa shape index (κ3) is 2.92. The maximum atomic E-state index is 12.3. The summed E-state index contributed by atoms with van der Waals surface area (Å²) in [5.74, 6) is 0.665. The van der Waals surface area contributed by atoms with Crippen molar-refractivity contribution in [3.63, 3.8) is 0 Å². The fraction of sp³-hybridized carbons (Fsp3) is 0.200. The fourth-order valence-corrected chi connectivity index (χ4v) is 3.38. The molecule has 0 aliphatic rings. The second kappa shape index (κ2) is 6.09. The predicted molar refractivity (Wildman–Crippen MR) is 89.0 cm³/mol. The second-order valence-electron chi connectivity index (χ2n) is 4.59. The van der Waals surface area contributed by atoms with Crippen molar-refractivity contribution < 1.29 is 4.74 Å². The molecular formula is C15H13BrN2O2S. The highest BCUT2D eigenvalue weighted by molar-refractivity contribution is 9.10. The normalized spacial score (nSPS) is 11.1. The molecule has 3 aromatic rings. The summed E-state index contributed by atoms with van der Waals surface area (Å²) in [4.78, 5) is 20.5. The monoisotopic (exact) mass is 364 g/mol. The van der Waals surface area contributed by atoms with Gasteiger partial charge in [0.1, 0.15) is 10.7 Å². The minimum absolute atomic E-state index is 0.0923. The zero-order chi connectivity index (χ0) is 14.8. The molecule has 0 amide bonds. The van der Waals surface area contributed by atoms with Gasteiger partial charge in [0.05, 0.1) is 12.0 Å². The number of nitrogens with one attached hydrogen (secondary N) is 1. The number of ether oxygens (including phenoxy) is 1. The molecule has 108 valence electrons. The van der Waals surface area contributed by atoms with Gasteiger partial charge in [-0.25, -0.2) is 4.98 Å². The Kier molecular flexibility index (Phi) is 4.19. The van der Waals surface area contributed by atoms with E-state index in [0.29, 0.717) is 24.2 Å². The van der Waals surface area contributed by atoms with E-state index in [9.17, 15) is 4.79 Å². The van der Waals surface area contributed by atoms with Gasteiger partial charge in [0.15, 0.2) is 0 Å². The van der Waals surface area contributed by atoms with E-state index in [1.807, 2.05) is 29.6 Å². The maximum absolute atomic E-state index is 12.3. The lowest BCUT2D eigenvalue weighted by Gasteiger charge is -2.02. The number of nitrogens with zero attached hydrogens (tertiary/aromatic N) is 1. The van der Waals surface area contributed by atoms with Crippen LogP contribution in [0.3, 0.4) is 0 Å². The van der Waals surface area contributed by atoms with E-state index in [1.165, 1.54) is 11.3 Å².